The van der Waals surface area contributed by atoms with E-state index in [0.29, 0.717) is 12.1 Å². The minimum atomic E-state index is -0.919. The molecule has 0 aliphatic rings. The van der Waals surface area contributed by atoms with Gasteiger partial charge < -0.3 is 10.0 Å². The standard InChI is InChI=1S/C17H18N2O3/c1-13(17(21)22)11-19(12-14-6-3-2-4-7-14)16(20)15-8-5-9-18-10-15/h2-10,13H,11-12H2,1H3,(H,21,22). The Morgan fingerprint density at radius 1 is 1.18 bits per heavy atom. The van der Waals surface area contributed by atoms with E-state index in [1.807, 2.05) is 30.3 Å². The molecule has 1 unspecified atom stereocenters. The fourth-order valence-corrected chi connectivity index (χ4v) is 2.10. The number of carbonyl (C=O) groups excluding carboxylic acids is 1. The second kappa shape index (κ2) is 7.36. The van der Waals surface area contributed by atoms with E-state index in [0.717, 1.165) is 5.56 Å². The summed E-state index contributed by atoms with van der Waals surface area (Å²) in [4.78, 5) is 29.2. The van der Waals surface area contributed by atoms with Gasteiger partial charge in [0.05, 0.1) is 11.5 Å². The SMILES string of the molecule is CC(CN(Cc1ccccc1)C(=O)c1cccnc1)C(=O)O. The van der Waals surface area contributed by atoms with Crippen LogP contribution in [-0.4, -0.2) is 33.4 Å². The van der Waals surface area contributed by atoms with E-state index in [1.54, 1.807) is 30.2 Å². The van der Waals surface area contributed by atoms with E-state index >= 15 is 0 Å². The number of hydrogen-bond donors (Lipinski definition) is 1. The van der Waals surface area contributed by atoms with Gasteiger partial charge in [-0.2, -0.15) is 0 Å². The predicted octanol–water partition coefficient (Wildman–Crippen LogP) is 2.44. The molecule has 114 valence electrons. The van der Waals surface area contributed by atoms with Gasteiger partial charge in [-0.3, -0.25) is 14.6 Å². The van der Waals surface area contributed by atoms with E-state index in [9.17, 15) is 9.59 Å². The summed E-state index contributed by atoms with van der Waals surface area (Å²) in [6.07, 6.45) is 3.09. The third-order valence-electron chi connectivity index (χ3n) is 3.33. The highest BCUT2D eigenvalue weighted by Crippen LogP contribution is 2.12. The summed E-state index contributed by atoms with van der Waals surface area (Å²) in [5, 5.41) is 9.10. The molecule has 0 saturated heterocycles. The summed E-state index contributed by atoms with van der Waals surface area (Å²) < 4.78 is 0. The second-order valence-corrected chi connectivity index (χ2v) is 5.15. The number of aliphatic carboxylic acids is 1. The summed E-state index contributed by atoms with van der Waals surface area (Å²) >= 11 is 0. The number of benzene rings is 1. The largest absolute Gasteiger partial charge is 0.481 e. The monoisotopic (exact) mass is 298 g/mol. The Morgan fingerprint density at radius 2 is 1.91 bits per heavy atom. The summed E-state index contributed by atoms with van der Waals surface area (Å²) in [6.45, 7) is 2.11. The number of carboxylic acid groups (broad SMARTS) is 1. The first kappa shape index (κ1) is 15.7. The molecule has 0 aliphatic carbocycles. The first-order valence-corrected chi connectivity index (χ1v) is 7.04. The van der Waals surface area contributed by atoms with Crippen molar-refractivity contribution in [1.29, 1.82) is 0 Å². The van der Waals surface area contributed by atoms with Crippen molar-refractivity contribution in [2.75, 3.05) is 6.54 Å². The van der Waals surface area contributed by atoms with Gasteiger partial charge >= 0.3 is 5.97 Å². The van der Waals surface area contributed by atoms with E-state index in [4.69, 9.17) is 5.11 Å². The van der Waals surface area contributed by atoms with Gasteiger partial charge in [0, 0.05) is 25.5 Å². The van der Waals surface area contributed by atoms with Crippen LogP contribution in [0.2, 0.25) is 0 Å². The fraction of sp³-hybridized carbons (Fsp3) is 0.235. The van der Waals surface area contributed by atoms with Crippen LogP contribution < -0.4 is 0 Å². The third-order valence-corrected chi connectivity index (χ3v) is 3.33. The van der Waals surface area contributed by atoms with E-state index < -0.39 is 11.9 Å². The molecule has 1 aromatic carbocycles. The Hall–Kier alpha value is -2.69. The highest BCUT2D eigenvalue weighted by molar-refractivity contribution is 5.94. The van der Waals surface area contributed by atoms with E-state index in [1.165, 1.54) is 6.20 Å². The lowest BCUT2D eigenvalue weighted by Crippen LogP contribution is -2.36. The zero-order valence-corrected chi connectivity index (χ0v) is 12.3. The molecule has 0 saturated carbocycles. The van der Waals surface area contributed by atoms with Crippen LogP contribution in [0.1, 0.15) is 22.8 Å². The molecule has 5 nitrogen and oxygen atoms in total. The van der Waals surface area contributed by atoms with Crippen molar-refractivity contribution >= 4 is 11.9 Å². The first-order valence-electron chi connectivity index (χ1n) is 7.04. The van der Waals surface area contributed by atoms with Gasteiger partial charge in [0.15, 0.2) is 0 Å². The Bertz CT molecular complexity index is 629. The Balaban J connectivity index is 2.21. The summed E-state index contributed by atoms with van der Waals surface area (Å²) in [6, 6.07) is 12.9. The number of hydrogen-bond acceptors (Lipinski definition) is 3. The van der Waals surface area contributed by atoms with Gasteiger partial charge in [-0.25, -0.2) is 0 Å². The molecular formula is C17H18N2O3. The molecule has 0 bridgehead atoms. The highest BCUT2D eigenvalue weighted by Gasteiger charge is 2.22. The minimum Gasteiger partial charge on any atom is -0.481 e. The fourth-order valence-electron chi connectivity index (χ4n) is 2.10. The Kier molecular flexibility index (Phi) is 5.25. The quantitative estimate of drug-likeness (QED) is 0.889. The normalized spacial score (nSPS) is 11.7. The lowest BCUT2D eigenvalue weighted by Gasteiger charge is -2.24. The molecule has 1 aromatic heterocycles. The van der Waals surface area contributed by atoms with Crippen molar-refractivity contribution in [1.82, 2.24) is 9.88 Å². The molecule has 1 amide bonds. The van der Waals surface area contributed by atoms with Crippen LogP contribution >= 0.6 is 0 Å². The van der Waals surface area contributed by atoms with Crippen molar-refractivity contribution in [3.05, 3.63) is 66.0 Å². The van der Waals surface area contributed by atoms with E-state index in [2.05, 4.69) is 4.98 Å². The van der Waals surface area contributed by atoms with Gasteiger partial charge in [0.1, 0.15) is 0 Å². The van der Waals surface area contributed by atoms with Crippen LogP contribution in [0.15, 0.2) is 54.9 Å². The molecule has 1 atom stereocenters. The maximum absolute atomic E-state index is 12.6. The molecule has 22 heavy (non-hydrogen) atoms. The number of carbonyl (C=O) groups is 2. The average Bonchev–Trinajstić information content (AvgIpc) is 2.55. The number of aromatic nitrogens is 1. The lowest BCUT2D eigenvalue weighted by atomic mass is 10.1. The van der Waals surface area contributed by atoms with Crippen molar-refractivity contribution in [2.45, 2.75) is 13.5 Å². The molecule has 1 heterocycles. The maximum atomic E-state index is 12.6. The smallest absolute Gasteiger partial charge is 0.308 e. The Labute approximate surface area is 129 Å². The molecular weight excluding hydrogens is 280 g/mol. The van der Waals surface area contributed by atoms with Crippen LogP contribution in [0.5, 0.6) is 0 Å². The number of pyridine rings is 1. The molecule has 0 aliphatic heterocycles. The summed E-state index contributed by atoms with van der Waals surface area (Å²) in [5.74, 6) is -1.77. The molecule has 0 spiro atoms. The number of rotatable bonds is 6. The molecule has 0 fully saturated rings. The predicted molar refractivity (Wildman–Crippen MR) is 82.2 cm³/mol. The Morgan fingerprint density at radius 3 is 2.50 bits per heavy atom. The van der Waals surface area contributed by atoms with E-state index in [-0.39, 0.29) is 12.5 Å². The lowest BCUT2D eigenvalue weighted by molar-refractivity contribution is -0.141. The first-order chi connectivity index (χ1) is 10.6. The highest BCUT2D eigenvalue weighted by atomic mass is 16.4. The number of carboxylic acids is 1. The van der Waals surface area contributed by atoms with Crippen molar-refractivity contribution < 1.29 is 14.7 Å². The van der Waals surface area contributed by atoms with Gasteiger partial charge in [0.2, 0.25) is 0 Å². The van der Waals surface area contributed by atoms with Crippen LogP contribution in [0.3, 0.4) is 0 Å². The van der Waals surface area contributed by atoms with Crippen molar-refractivity contribution in [3.8, 4) is 0 Å². The molecule has 0 radical (unpaired) electrons. The topological polar surface area (TPSA) is 70.5 Å². The molecule has 1 N–H and O–H groups in total. The summed E-state index contributed by atoms with van der Waals surface area (Å²) in [5.41, 5.74) is 1.41. The molecule has 2 aromatic rings. The van der Waals surface area contributed by atoms with Crippen molar-refractivity contribution in [2.24, 2.45) is 5.92 Å². The number of nitrogens with zero attached hydrogens (tertiary/aromatic N) is 2. The zero-order chi connectivity index (χ0) is 15.9. The van der Waals surface area contributed by atoms with Gasteiger partial charge in [0.25, 0.3) is 5.91 Å². The third kappa shape index (κ3) is 4.15. The maximum Gasteiger partial charge on any atom is 0.308 e. The van der Waals surface area contributed by atoms with Gasteiger partial charge in [-0.05, 0) is 17.7 Å². The van der Waals surface area contributed by atoms with Crippen molar-refractivity contribution in [3.63, 3.8) is 0 Å². The average molecular weight is 298 g/mol. The van der Waals surface area contributed by atoms with Crippen LogP contribution in [0.4, 0.5) is 0 Å². The number of amides is 1. The van der Waals surface area contributed by atoms with Crippen LogP contribution in [-0.2, 0) is 11.3 Å². The minimum absolute atomic E-state index is 0.151. The van der Waals surface area contributed by atoms with Gasteiger partial charge in [-0.15, -0.1) is 0 Å². The second-order valence-electron chi connectivity index (χ2n) is 5.15. The van der Waals surface area contributed by atoms with Crippen LogP contribution in [0.25, 0.3) is 0 Å². The molecule has 5 heteroatoms. The van der Waals surface area contributed by atoms with Gasteiger partial charge in [-0.1, -0.05) is 37.3 Å². The summed E-state index contributed by atoms with van der Waals surface area (Å²) in [7, 11) is 0. The zero-order valence-electron chi connectivity index (χ0n) is 12.3. The molecule has 2 rings (SSSR count). The van der Waals surface area contributed by atoms with Crippen LogP contribution in [0, 0.1) is 5.92 Å².